The molecule has 1 unspecified atom stereocenters. The van der Waals surface area contributed by atoms with Crippen LogP contribution in [0, 0.1) is 0 Å². The van der Waals surface area contributed by atoms with Gasteiger partial charge in [0.05, 0.1) is 6.54 Å². The van der Waals surface area contributed by atoms with Crippen molar-refractivity contribution in [1.82, 2.24) is 4.90 Å². The van der Waals surface area contributed by atoms with Crippen LogP contribution >= 0.6 is 0 Å². The van der Waals surface area contributed by atoms with E-state index in [4.69, 9.17) is 9.84 Å². The molecule has 1 heterocycles. The van der Waals surface area contributed by atoms with Crippen molar-refractivity contribution in [1.29, 1.82) is 0 Å². The first-order valence-electron chi connectivity index (χ1n) is 4.26. The molecule has 5 heteroatoms. The number of carboxylic acid groups (broad SMARTS) is 1. The molecule has 1 aliphatic heterocycles. The van der Waals surface area contributed by atoms with Crippen molar-refractivity contribution < 1.29 is 19.4 Å². The zero-order valence-electron chi connectivity index (χ0n) is 7.32. The summed E-state index contributed by atoms with van der Waals surface area (Å²) < 4.78 is 4.81. The minimum absolute atomic E-state index is 0.172. The number of cyclic esters (lactones) is 1. The topological polar surface area (TPSA) is 66.8 Å². The molecule has 2 aliphatic rings. The lowest BCUT2D eigenvalue weighted by Gasteiger charge is -2.15. The Morgan fingerprint density at radius 3 is 2.69 bits per heavy atom. The van der Waals surface area contributed by atoms with Crippen LogP contribution in [0.4, 0.5) is 4.79 Å². The lowest BCUT2D eigenvalue weighted by atomic mass is 10.1. The molecule has 72 valence electrons. The third-order valence-corrected chi connectivity index (χ3v) is 2.46. The molecule has 0 aromatic rings. The molecule has 1 saturated carbocycles. The Bertz CT molecular complexity index is 273. The predicted molar refractivity (Wildman–Crippen MR) is 42.2 cm³/mol. The number of carboxylic acids is 1. The van der Waals surface area contributed by atoms with E-state index in [1.54, 1.807) is 0 Å². The monoisotopic (exact) mass is 185 g/mol. The number of hydrogen-bond acceptors (Lipinski definition) is 3. The van der Waals surface area contributed by atoms with Gasteiger partial charge in [-0.15, -0.1) is 0 Å². The van der Waals surface area contributed by atoms with E-state index < -0.39 is 17.7 Å². The van der Waals surface area contributed by atoms with Gasteiger partial charge in [0.2, 0.25) is 5.60 Å². The van der Waals surface area contributed by atoms with E-state index in [2.05, 4.69) is 0 Å². The lowest BCUT2D eigenvalue weighted by molar-refractivity contribution is -0.153. The third-order valence-electron chi connectivity index (χ3n) is 2.46. The molecule has 1 amide bonds. The second kappa shape index (κ2) is 2.37. The molecule has 5 nitrogen and oxygen atoms in total. The molecular weight excluding hydrogens is 174 g/mol. The fourth-order valence-corrected chi connectivity index (χ4v) is 1.45. The second-order valence-corrected chi connectivity index (χ2v) is 3.76. The highest BCUT2D eigenvalue weighted by Gasteiger charge is 2.51. The average molecular weight is 185 g/mol. The van der Waals surface area contributed by atoms with Crippen molar-refractivity contribution in [2.45, 2.75) is 31.4 Å². The highest BCUT2D eigenvalue weighted by atomic mass is 16.6. The summed E-state index contributed by atoms with van der Waals surface area (Å²) in [5.74, 6) is -1.08. The van der Waals surface area contributed by atoms with Crippen molar-refractivity contribution in [3.63, 3.8) is 0 Å². The molecule has 0 aromatic heterocycles. The summed E-state index contributed by atoms with van der Waals surface area (Å²) in [6.07, 6.45) is 1.43. The average Bonchev–Trinajstić information content (AvgIpc) is 2.79. The Morgan fingerprint density at radius 1 is 1.69 bits per heavy atom. The van der Waals surface area contributed by atoms with Crippen LogP contribution in [-0.2, 0) is 9.53 Å². The molecule has 1 atom stereocenters. The number of rotatable bonds is 2. The molecule has 2 rings (SSSR count). The van der Waals surface area contributed by atoms with Crippen LogP contribution in [0.2, 0.25) is 0 Å². The van der Waals surface area contributed by atoms with E-state index in [1.165, 1.54) is 11.8 Å². The van der Waals surface area contributed by atoms with Crippen LogP contribution in [0.3, 0.4) is 0 Å². The Kier molecular flexibility index (Phi) is 1.52. The second-order valence-electron chi connectivity index (χ2n) is 3.76. The van der Waals surface area contributed by atoms with Crippen LogP contribution in [-0.4, -0.2) is 40.3 Å². The summed E-state index contributed by atoms with van der Waals surface area (Å²) in [6, 6.07) is 0.216. The van der Waals surface area contributed by atoms with Gasteiger partial charge in [-0.1, -0.05) is 0 Å². The van der Waals surface area contributed by atoms with Crippen molar-refractivity contribution in [2.24, 2.45) is 0 Å². The number of amides is 1. The van der Waals surface area contributed by atoms with Crippen LogP contribution in [0.5, 0.6) is 0 Å². The van der Waals surface area contributed by atoms with Gasteiger partial charge in [-0.25, -0.2) is 9.59 Å². The van der Waals surface area contributed by atoms with Gasteiger partial charge in [-0.2, -0.15) is 0 Å². The number of carbonyl (C=O) groups excluding carboxylic acids is 1. The highest BCUT2D eigenvalue weighted by molar-refractivity contribution is 5.85. The number of hydrogen-bond donors (Lipinski definition) is 1. The first-order valence-corrected chi connectivity index (χ1v) is 4.26. The number of carbonyl (C=O) groups is 2. The molecule has 1 N–H and O–H groups in total. The normalized spacial score (nSPS) is 33.3. The maximum Gasteiger partial charge on any atom is 0.411 e. The molecule has 0 bridgehead atoms. The summed E-state index contributed by atoms with van der Waals surface area (Å²) in [5, 5.41) is 8.81. The Labute approximate surface area is 75.3 Å². The third kappa shape index (κ3) is 1.24. The van der Waals surface area contributed by atoms with E-state index in [9.17, 15) is 9.59 Å². The van der Waals surface area contributed by atoms with E-state index >= 15 is 0 Å². The van der Waals surface area contributed by atoms with Crippen LogP contribution in [0.1, 0.15) is 19.8 Å². The SMILES string of the molecule is CC1(C(=O)O)CN(C2CC2)C(=O)O1. The molecule has 1 aliphatic carbocycles. The van der Waals surface area contributed by atoms with Gasteiger partial charge in [-0.05, 0) is 19.8 Å². The van der Waals surface area contributed by atoms with Crippen molar-refractivity contribution in [2.75, 3.05) is 6.54 Å². The highest BCUT2D eigenvalue weighted by Crippen LogP contribution is 2.34. The van der Waals surface area contributed by atoms with Crippen LogP contribution < -0.4 is 0 Å². The number of aliphatic carboxylic acids is 1. The quantitative estimate of drug-likeness (QED) is 0.678. The largest absolute Gasteiger partial charge is 0.478 e. The summed E-state index contributed by atoms with van der Waals surface area (Å²) in [6.45, 7) is 1.60. The maximum absolute atomic E-state index is 11.2. The standard InChI is InChI=1S/C8H11NO4/c1-8(6(10)11)4-9(5-2-3-5)7(12)13-8/h5H,2-4H2,1H3,(H,10,11). The summed E-state index contributed by atoms with van der Waals surface area (Å²) in [5.41, 5.74) is -1.35. The van der Waals surface area contributed by atoms with E-state index in [-0.39, 0.29) is 12.6 Å². The summed E-state index contributed by atoms with van der Waals surface area (Å²) >= 11 is 0. The molecular formula is C8H11NO4. The van der Waals surface area contributed by atoms with E-state index in [0.29, 0.717) is 0 Å². The minimum atomic E-state index is -1.35. The Balaban J connectivity index is 2.13. The Morgan fingerprint density at radius 2 is 2.31 bits per heavy atom. The lowest BCUT2D eigenvalue weighted by Crippen LogP contribution is -2.39. The van der Waals surface area contributed by atoms with Gasteiger partial charge in [0.15, 0.2) is 0 Å². The summed E-state index contributed by atoms with van der Waals surface area (Å²) in [4.78, 5) is 23.5. The minimum Gasteiger partial charge on any atom is -0.478 e. The number of ether oxygens (including phenoxy) is 1. The first kappa shape index (κ1) is 8.34. The molecule has 2 fully saturated rings. The first-order chi connectivity index (χ1) is 6.03. The Hall–Kier alpha value is -1.26. The van der Waals surface area contributed by atoms with Crippen molar-refractivity contribution in [3.05, 3.63) is 0 Å². The van der Waals surface area contributed by atoms with Crippen molar-refractivity contribution in [3.8, 4) is 0 Å². The number of nitrogens with zero attached hydrogens (tertiary/aromatic N) is 1. The van der Waals surface area contributed by atoms with Gasteiger partial charge in [-0.3, -0.25) is 0 Å². The van der Waals surface area contributed by atoms with Crippen molar-refractivity contribution >= 4 is 12.1 Å². The molecule has 0 radical (unpaired) electrons. The molecule has 1 saturated heterocycles. The van der Waals surface area contributed by atoms with E-state index in [0.717, 1.165) is 12.8 Å². The summed E-state index contributed by atoms with van der Waals surface area (Å²) in [7, 11) is 0. The molecule has 0 aromatic carbocycles. The zero-order chi connectivity index (χ0) is 9.64. The van der Waals surface area contributed by atoms with Gasteiger partial charge in [0.1, 0.15) is 0 Å². The maximum atomic E-state index is 11.2. The fraction of sp³-hybridized carbons (Fsp3) is 0.750. The van der Waals surface area contributed by atoms with Gasteiger partial charge < -0.3 is 14.7 Å². The smallest absolute Gasteiger partial charge is 0.411 e. The van der Waals surface area contributed by atoms with Gasteiger partial charge in [0.25, 0.3) is 0 Å². The van der Waals surface area contributed by atoms with Crippen LogP contribution in [0.15, 0.2) is 0 Å². The molecule has 0 spiro atoms. The van der Waals surface area contributed by atoms with E-state index in [1.807, 2.05) is 0 Å². The van der Waals surface area contributed by atoms with Gasteiger partial charge in [0, 0.05) is 6.04 Å². The van der Waals surface area contributed by atoms with Gasteiger partial charge >= 0.3 is 12.1 Å². The zero-order valence-corrected chi connectivity index (χ0v) is 7.32. The predicted octanol–water partition coefficient (Wildman–Crippen LogP) is 0.444. The fourth-order valence-electron chi connectivity index (χ4n) is 1.45. The molecule has 13 heavy (non-hydrogen) atoms. The van der Waals surface area contributed by atoms with Crippen LogP contribution in [0.25, 0.3) is 0 Å².